The first-order valence-electron chi connectivity index (χ1n) is 22.7. The van der Waals surface area contributed by atoms with E-state index in [1.54, 1.807) is 7.11 Å². The van der Waals surface area contributed by atoms with Crippen molar-refractivity contribution < 1.29 is 29.0 Å². The molecule has 3 aliphatic heterocycles. The lowest BCUT2D eigenvalue weighted by Gasteiger charge is -2.40. The number of piperazine rings is 1. The van der Waals surface area contributed by atoms with Gasteiger partial charge in [0.15, 0.2) is 0 Å². The molecule has 3 N–H and O–H groups in total. The first-order valence-corrected chi connectivity index (χ1v) is 23.5. The van der Waals surface area contributed by atoms with Crippen molar-refractivity contribution in [1.82, 2.24) is 35.2 Å². The topological polar surface area (TPSA) is 154 Å². The zero-order valence-corrected chi connectivity index (χ0v) is 38.5. The monoisotopic (exact) mass is 888 g/mol. The number of carbonyl (C=O) groups excluding carboxylic acids is 3. The van der Waals surface area contributed by atoms with Crippen LogP contribution in [-0.2, 0) is 43.2 Å². The van der Waals surface area contributed by atoms with Crippen LogP contribution in [0.2, 0.25) is 0 Å². The molecule has 14 nitrogen and oxygen atoms in total. The lowest BCUT2D eigenvalue weighted by molar-refractivity contribution is -0.189. The summed E-state index contributed by atoms with van der Waals surface area (Å²) in [6.45, 7) is 12.9. The number of fused-ring (bicyclic) bond motifs is 6. The lowest BCUT2D eigenvalue weighted by Crippen LogP contribution is -2.67. The van der Waals surface area contributed by atoms with Crippen LogP contribution >= 0.6 is 11.3 Å². The summed E-state index contributed by atoms with van der Waals surface area (Å²) in [4.78, 5) is 57.2. The van der Waals surface area contributed by atoms with E-state index in [-0.39, 0.29) is 49.8 Å². The van der Waals surface area contributed by atoms with E-state index < -0.39 is 29.1 Å². The molecule has 2 amide bonds. The van der Waals surface area contributed by atoms with Gasteiger partial charge in [-0.2, -0.15) is 5.43 Å². The second kappa shape index (κ2) is 17.7. The van der Waals surface area contributed by atoms with Crippen LogP contribution < -0.4 is 15.6 Å². The maximum Gasteiger partial charge on any atom is 0.355 e. The van der Waals surface area contributed by atoms with Crippen molar-refractivity contribution in [3.05, 3.63) is 88.0 Å². The number of aliphatic hydroxyl groups is 1. The second-order valence-electron chi connectivity index (χ2n) is 18.8. The average Bonchev–Trinajstić information content (AvgIpc) is 3.88. The SMILES string of the molecule is CCn1c(-c2cc(N3CCN(C)CC3)cnc2[C@H](C)OC)c2c3cc(ccc31)-c1csc(n1)C[C@H](NC(=O)[C@H]1C[C@@H]1c1ccccc1)C(=O)N1CCC[C@@](O)(N1)C(=O)OCC(C)(C)C2. The summed E-state index contributed by atoms with van der Waals surface area (Å²) in [5.41, 5.74) is 8.93. The smallest absolute Gasteiger partial charge is 0.355 e. The Kier molecular flexibility index (Phi) is 12.1. The number of ether oxygens (including phenoxy) is 2. The third-order valence-electron chi connectivity index (χ3n) is 13.5. The number of anilines is 1. The van der Waals surface area contributed by atoms with Gasteiger partial charge in [-0.05, 0) is 75.4 Å². The van der Waals surface area contributed by atoms with Crippen molar-refractivity contribution in [3.63, 3.8) is 0 Å². The number of nitrogens with one attached hydrogen (secondary N) is 2. The van der Waals surface area contributed by atoms with E-state index in [0.29, 0.717) is 30.8 Å². The van der Waals surface area contributed by atoms with Gasteiger partial charge in [0, 0.05) is 98.0 Å². The zero-order chi connectivity index (χ0) is 44.9. The second-order valence-corrected chi connectivity index (χ2v) is 19.8. The predicted octanol–water partition coefficient (Wildman–Crippen LogP) is 6.08. The van der Waals surface area contributed by atoms with Crippen molar-refractivity contribution in [2.45, 2.75) is 90.1 Å². The number of aromatic nitrogens is 3. The van der Waals surface area contributed by atoms with Gasteiger partial charge in [-0.3, -0.25) is 19.6 Å². The molecular formula is C49H60N8O6S. The number of nitrogens with zero attached hydrogens (tertiary/aromatic N) is 6. The van der Waals surface area contributed by atoms with Crippen molar-refractivity contribution in [2.24, 2.45) is 11.3 Å². The predicted molar refractivity (Wildman–Crippen MR) is 247 cm³/mol. The number of hydrazine groups is 1. The van der Waals surface area contributed by atoms with E-state index in [9.17, 15) is 19.5 Å². The van der Waals surface area contributed by atoms with Gasteiger partial charge in [0.25, 0.3) is 5.91 Å². The van der Waals surface area contributed by atoms with Crippen LogP contribution in [0.5, 0.6) is 0 Å². The van der Waals surface area contributed by atoms with Gasteiger partial charge in [0.2, 0.25) is 11.6 Å². The summed E-state index contributed by atoms with van der Waals surface area (Å²) in [5.74, 6) is -1.70. The number of benzene rings is 2. The van der Waals surface area contributed by atoms with E-state index >= 15 is 0 Å². The molecule has 0 spiro atoms. The number of carbonyl (C=O) groups is 3. The number of rotatable bonds is 8. The Morgan fingerprint density at radius 2 is 1.88 bits per heavy atom. The highest BCUT2D eigenvalue weighted by Gasteiger charge is 2.47. The van der Waals surface area contributed by atoms with Gasteiger partial charge in [-0.1, -0.05) is 50.2 Å². The Morgan fingerprint density at radius 1 is 1.09 bits per heavy atom. The first kappa shape index (κ1) is 44.0. The minimum Gasteiger partial charge on any atom is -0.462 e. The summed E-state index contributed by atoms with van der Waals surface area (Å²) in [7, 11) is 3.86. The average molecular weight is 889 g/mol. The number of methoxy groups -OCH3 is 1. The van der Waals surface area contributed by atoms with Gasteiger partial charge in [-0.25, -0.2) is 9.78 Å². The number of cyclic esters (lactones) is 1. The summed E-state index contributed by atoms with van der Waals surface area (Å²) in [6, 6.07) is 17.7. The molecule has 3 fully saturated rings. The molecule has 1 saturated carbocycles. The number of hydrogen-bond donors (Lipinski definition) is 3. The molecule has 5 aromatic rings. The number of amides is 2. The molecule has 4 aliphatic rings. The largest absolute Gasteiger partial charge is 0.462 e. The number of aryl methyl sites for hydroxylation is 1. The Hall–Kier alpha value is -5.19. The van der Waals surface area contributed by atoms with Crippen molar-refractivity contribution in [2.75, 3.05) is 58.4 Å². The third kappa shape index (κ3) is 8.68. The van der Waals surface area contributed by atoms with E-state index in [1.807, 2.05) is 48.8 Å². The first-order chi connectivity index (χ1) is 30.8. The standard InChI is InChI=1S/C49H60N8O6S/c1-7-56-41-15-14-32-22-35(41)38(44(56)37-23-33(27-50-43(37)30(2)62-6)55-20-18-54(5)19-21-55)26-48(3,4)29-63-47(60)49(61)16-11-17-57(53-49)46(59)39(25-42-51-40(32)28-64-42)52-45(58)36-24-34(36)31-12-9-8-10-13-31/h8-10,12-15,22-23,27-28,30,34,36,39,53,61H,7,11,16-21,24-26,29H2,1-6H3,(H,52,58)/t30-,34+,36-,39-,49-/m0/s1. The molecule has 1 aliphatic carbocycles. The Labute approximate surface area is 378 Å². The molecule has 64 heavy (non-hydrogen) atoms. The molecular weight excluding hydrogens is 829 g/mol. The minimum absolute atomic E-state index is 0.000707. The van der Waals surface area contributed by atoms with E-state index in [0.717, 1.165) is 82.1 Å². The molecule has 0 unspecified atom stereocenters. The molecule has 338 valence electrons. The molecule has 0 radical (unpaired) electrons. The normalized spacial score (nSPS) is 24.6. The van der Waals surface area contributed by atoms with Crippen molar-refractivity contribution >= 4 is 45.7 Å². The Morgan fingerprint density at radius 3 is 2.62 bits per heavy atom. The summed E-state index contributed by atoms with van der Waals surface area (Å²) < 4.78 is 14.3. The van der Waals surface area contributed by atoms with E-state index in [1.165, 1.54) is 16.3 Å². The fourth-order valence-electron chi connectivity index (χ4n) is 9.71. The van der Waals surface area contributed by atoms with Gasteiger partial charge < -0.3 is 34.3 Å². The number of pyridine rings is 1. The molecule has 2 aromatic carbocycles. The molecule has 9 rings (SSSR count). The van der Waals surface area contributed by atoms with Crippen LogP contribution in [0.4, 0.5) is 5.69 Å². The molecule has 3 aromatic heterocycles. The highest BCUT2D eigenvalue weighted by atomic mass is 32.1. The number of thiazole rings is 1. The molecule has 15 heteroatoms. The molecule has 6 bridgehead atoms. The molecule has 5 atom stereocenters. The fourth-order valence-corrected chi connectivity index (χ4v) is 10.6. The summed E-state index contributed by atoms with van der Waals surface area (Å²) in [5, 5.41) is 19.9. The summed E-state index contributed by atoms with van der Waals surface area (Å²) in [6.07, 6.45) is 3.43. The number of likely N-dealkylation sites (N-methyl/N-ethyl adjacent to an activating group) is 1. The van der Waals surface area contributed by atoms with Crippen LogP contribution in [0, 0.1) is 11.3 Å². The van der Waals surface area contributed by atoms with E-state index in [2.05, 4.69) is 77.2 Å². The van der Waals surface area contributed by atoms with Crippen molar-refractivity contribution in [1.29, 1.82) is 0 Å². The highest BCUT2D eigenvalue weighted by molar-refractivity contribution is 7.10. The van der Waals surface area contributed by atoms with E-state index in [4.69, 9.17) is 19.4 Å². The Balaban J connectivity index is 1.14. The van der Waals surface area contributed by atoms with Crippen LogP contribution in [-0.4, -0.2) is 113 Å². The van der Waals surface area contributed by atoms with Crippen LogP contribution in [0.3, 0.4) is 0 Å². The Bertz CT molecular complexity index is 2550. The van der Waals surface area contributed by atoms with Gasteiger partial charge in [0.1, 0.15) is 6.04 Å². The lowest BCUT2D eigenvalue weighted by atomic mass is 9.84. The summed E-state index contributed by atoms with van der Waals surface area (Å²) >= 11 is 1.44. The number of esters is 1. The van der Waals surface area contributed by atoms with Crippen LogP contribution in [0.1, 0.15) is 80.8 Å². The van der Waals surface area contributed by atoms with Gasteiger partial charge in [-0.15, -0.1) is 11.3 Å². The van der Waals surface area contributed by atoms with Crippen LogP contribution in [0.25, 0.3) is 33.4 Å². The van der Waals surface area contributed by atoms with Crippen LogP contribution in [0.15, 0.2) is 66.2 Å². The van der Waals surface area contributed by atoms with Gasteiger partial charge in [0.05, 0.1) is 46.7 Å². The van der Waals surface area contributed by atoms with Crippen molar-refractivity contribution in [3.8, 4) is 22.5 Å². The van der Waals surface area contributed by atoms with Gasteiger partial charge >= 0.3 is 5.97 Å². The highest BCUT2D eigenvalue weighted by Crippen LogP contribution is 2.48. The number of hydrogen-bond acceptors (Lipinski definition) is 12. The maximum absolute atomic E-state index is 14.4. The quantitative estimate of drug-likeness (QED) is 0.156. The third-order valence-corrected chi connectivity index (χ3v) is 14.4. The maximum atomic E-state index is 14.4. The minimum atomic E-state index is -2.15. The zero-order valence-electron chi connectivity index (χ0n) is 37.7. The fraction of sp³-hybridized carbons (Fsp3) is 0.490. The molecule has 2 saturated heterocycles. The molecule has 6 heterocycles.